The fraction of sp³-hybridized carbons (Fsp3) is 0.211. The van der Waals surface area contributed by atoms with Crippen molar-refractivity contribution in [3.8, 4) is 17.3 Å². The van der Waals surface area contributed by atoms with E-state index in [1.807, 2.05) is 24.3 Å². The number of amides is 1. The zero-order valence-corrected chi connectivity index (χ0v) is 14.9. The minimum atomic E-state index is -0.114. The molecule has 3 aromatic heterocycles. The standard InChI is InChI=1S/C19H18N4O4/c1-23(19(24)13-6-8-26-11-13)7-5-17-21-18(27-22-17)16-9-12-3-4-14(25-2)10-15(12)20-16/h3-4,6,8-11,20H,5,7H2,1-2H3. The number of methoxy groups -OCH3 is 1. The Kier molecular flexibility index (Phi) is 4.37. The molecule has 0 aliphatic carbocycles. The molecule has 1 amide bonds. The molecule has 0 saturated heterocycles. The van der Waals surface area contributed by atoms with E-state index in [1.54, 1.807) is 25.1 Å². The van der Waals surface area contributed by atoms with E-state index in [-0.39, 0.29) is 5.91 Å². The smallest absolute Gasteiger partial charge is 0.274 e. The Hall–Kier alpha value is -3.55. The van der Waals surface area contributed by atoms with Crippen LogP contribution >= 0.6 is 0 Å². The van der Waals surface area contributed by atoms with Crippen molar-refractivity contribution in [3.05, 3.63) is 54.2 Å². The number of rotatable bonds is 6. The summed E-state index contributed by atoms with van der Waals surface area (Å²) in [6.07, 6.45) is 3.39. The molecular formula is C19H18N4O4. The maximum atomic E-state index is 12.2. The average molecular weight is 366 g/mol. The molecule has 0 bridgehead atoms. The van der Waals surface area contributed by atoms with Gasteiger partial charge in [0.25, 0.3) is 11.8 Å². The summed E-state index contributed by atoms with van der Waals surface area (Å²) in [7, 11) is 3.35. The highest BCUT2D eigenvalue weighted by Gasteiger charge is 2.16. The molecule has 0 saturated carbocycles. The summed E-state index contributed by atoms with van der Waals surface area (Å²) in [4.78, 5) is 21.5. The van der Waals surface area contributed by atoms with Gasteiger partial charge in [0.1, 0.15) is 17.7 Å². The molecule has 27 heavy (non-hydrogen) atoms. The number of nitrogens with zero attached hydrogens (tertiary/aromatic N) is 3. The van der Waals surface area contributed by atoms with Crippen molar-refractivity contribution in [3.63, 3.8) is 0 Å². The number of furan rings is 1. The van der Waals surface area contributed by atoms with E-state index >= 15 is 0 Å². The van der Waals surface area contributed by atoms with Gasteiger partial charge in [-0.2, -0.15) is 4.98 Å². The lowest BCUT2D eigenvalue weighted by atomic mass is 10.2. The fourth-order valence-corrected chi connectivity index (χ4v) is 2.79. The molecular weight excluding hydrogens is 348 g/mol. The van der Waals surface area contributed by atoms with Crippen LogP contribution in [-0.4, -0.2) is 46.6 Å². The van der Waals surface area contributed by atoms with E-state index in [0.29, 0.717) is 30.2 Å². The Balaban J connectivity index is 1.45. The van der Waals surface area contributed by atoms with Crippen LogP contribution in [0.3, 0.4) is 0 Å². The van der Waals surface area contributed by atoms with E-state index in [2.05, 4.69) is 15.1 Å². The molecule has 4 aromatic rings. The Morgan fingerprint density at radius 2 is 2.19 bits per heavy atom. The van der Waals surface area contributed by atoms with Crippen LogP contribution in [0, 0.1) is 0 Å². The highest BCUT2D eigenvalue weighted by molar-refractivity contribution is 5.93. The van der Waals surface area contributed by atoms with Crippen LogP contribution in [0.2, 0.25) is 0 Å². The Morgan fingerprint density at radius 3 is 2.96 bits per heavy atom. The van der Waals surface area contributed by atoms with Crippen LogP contribution in [0.5, 0.6) is 5.75 Å². The van der Waals surface area contributed by atoms with Gasteiger partial charge in [-0.1, -0.05) is 5.16 Å². The van der Waals surface area contributed by atoms with E-state index in [0.717, 1.165) is 22.3 Å². The first-order valence-electron chi connectivity index (χ1n) is 8.41. The van der Waals surface area contributed by atoms with Crippen LogP contribution in [-0.2, 0) is 6.42 Å². The van der Waals surface area contributed by atoms with Gasteiger partial charge in [0, 0.05) is 37.0 Å². The lowest BCUT2D eigenvalue weighted by molar-refractivity contribution is 0.0795. The average Bonchev–Trinajstić information content (AvgIpc) is 3.44. The summed E-state index contributed by atoms with van der Waals surface area (Å²) >= 11 is 0. The van der Waals surface area contributed by atoms with Crippen molar-refractivity contribution in [2.75, 3.05) is 20.7 Å². The normalized spacial score (nSPS) is 11.0. The van der Waals surface area contributed by atoms with Crippen LogP contribution < -0.4 is 4.74 Å². The van der Waals surface area contributed by atoms with Crippen LogP contribution in [0.1, 0.15) is 16.2 Å². The predicted molar refractivity (Wildman–Crippen MR) is 97.5 cm³/mol. The molecule has 8 heteroatoms. The maximum Gasteiger partial charge on any atom is 0.274 e. The Bertz CT molecular complexity index is 1060. The molecule has 0 unspecified atom stereocenters. The second-order valence-electron chi connectivity index (χ2n) is 6.14. The number of benzene rings is 1. The van der Waals surface area contributed by atoms with Gasteiger partial charge in [-0.25, -0.2) is 0 Å². The maximum absolute atomic E-state index is 12.2. The Labute approximate surface area is 154 Å². The van der Waals surface area contributed by atoms with Gasteiger partial charge in [0.05, 0.1) is 18.9 Å². The lowest BCUT2D eigenvalue weighted by Crippen LogP contribution is -2.28. The number of nitrogens with one attached hydrogen (secondary N) is 1. The van der Waals surface area contributed by atoms with Gasteiger partial charge in [0.2, 0.25) is 0 Å². The third-order valence-electron chi connectivity index (χ3n) is 4.31. The number of ether oxygens (including phenoxy) is 1. The fourth-order valence-electron chi connectivity index (χ4n) is 2.79. The summed E-state index contributed by atoms with van der Waals surface area (Å²) in [5.41, 5.74) is 2.18. The summed E-state index contributed by atoms with van der Waals surface area (Å²) in [6, 6.07) is 9.34. The molecule has 0 aliphatic heterocycles. The number of aromatic nitrogens is 3. The van der Waals surface area contributed by atoms with Gasteiger partial charge in [-0.05, 0) is 24.3 Å². The van der Waals surface area contributed by atoms with Crippen molar-refractivity contribution in [2.45, 2.75) is 6.42 Å². The molecule has 0 aliphatic rings. The molecule has 0 atom stereocenters. The summed E-state index contributed by atoms with van der Waals surface area (Å²) in [5.74, 6) is 1.60. The molecule has 138 valence electrons. The Morgan fingerprint density at radius 1 is 1.30 bits per heavy atom. The number of carbonyl (C=O) groups excluding carboxylic acids is 1. The van der Waals surface area contributed by atoms with Crippen LogP contribution in [0.25, 0.3) is 22.5 Å². The summed E-state index contributed by atoms with van der Waals surface area (Å²) in [6.45, 7) is 0.465. The number of fused-ring (bicyclic) bond motifs is 1. The van der Waals surface area contributed by atoms with E-state index in [1.165, 1.54) is 12.5 Å². The first-order valence-corrected chi connectivity index (χ1v) is 8.41. The zero-order chi connectivity index (χ0) is 18.8. The number of H-pyrrole nitrogens is 1. The minimum Gasteiger partial charge on any atom is -0.497 e. The third kappa shape index (κ3) is 3.41. The van der Waals surface area contributed by atoms with Gasteiger partial charge in [-0.15, -0.1) is 0 Å². The van der Waals surface area contributed by atoms with Gasteiger partial charge >= 0.3 is 0 Å². The quantitative estimate of drug-likeness (QED) is 0.563. The summed E-state index contributed by atoms with van der Waals surface area (Å²) in [5, 5.41) is 5.03. The van der Waals surface area contributed by atoms with Crippen molar-refractivity contribution in [1.82, 2.24) is 20.0 Å². The SMILES string of the molecule is COc1ccc2cc(-c3nc(CCN(C)C(=O)c4ccoc4)no3)[nH]c2c1. The number of carbonyl (C=O) groups is 1. The number of hydrogen-bond acceptors (Lipinski definition) is 6. The first-order chi connectivity index (χ1) is 13.1. The van der Waals surface area contributed by atoms with E-state index in [4.69, 9.17) is 13.7 Å². The zero-order valence-electron chi connectivity index (χ0n) is 14.9. The molecule has 0 spiro atoms. The second kappa shape index (κ2) is 6.99. The van der Waals surface area contributed by atoms with E-state index < -0.39 is 0 Å². The van der Waals surface area contributed by atoms with Crippen molar-refractivity contribution < 1.29 is 18.5 Å². The predicted octanol–water partition coefficient (Wildman–Crippen LogP) is 3.13. The van der Waals surface area contributed by atoms with Crippen LogP contribution in [0.4, 0.5) is 0 Å². The number of likely N-dealkylation sites (N-methyl/N-ethyl adjacent to an activating group) is 1. The monoisotopic (exact) mass is 366 g/mol. The summed E-state index contributed by atoms with van der Waals surface area (Å²) < 4.78 is 15.5. The third-order valence-corrected chi connectivity index (χ3v) is 4.31. The number of hydrogen-bond donors (Lipinski definition) is 1. The highest BCUT2D eigenvalue weighted by atomic mass is 16.5. The van der Waals surface area contributed by atoms with Gasteiger partial charge in [-0.3, -0.25) is 4.79 Å². The molecule has 1 aromatic carbocycles. The molecule has 1 N–H and O–H groups in total. The molecule has 8 nitrogen and oxygen atoms in total. The van der Waals surface area contributed by atoms with Gasteiger partial charge < -0.3 is 23.6 Å². The highest BCUT2D eigenvalue weighted by Crippen LogP contribution is 2.26. The second-order valence-corrected chi connectivity index (χ2v) is 6.14. The molecule has 3 heterocycles. The molecule has 0 radical (unpaired) electrons. The minimum absolute atomic E-state index is 0.114. The largest absolute Gasteiger partial charge is 0.497 e. The van der Waals surface area contributed by atoms with Crippen molar-refractivity contribution >= 4 is 16.8 Å². The molecule has 0 fully saturated rings. The first kappa shape index (κ1) is 16.9. The lowest BCUT2D eigenvalue weighted by Gasteiger charge is -2.14. The van der Waals surface area contributed by atoms with Crippen molar-refractivity contribution in [2.24, 2.45) is 0 Å². The number of aromatic amines is 1. The topological polar surface area (TPSA) is 97.4 Å². The van der Waals surface area contributed by atoms with Crippen molar-refractivity contribution in [1.29, 1.82) is 0 Å². The van der Waals surface area contributed by atoms with Gasteiger partial charge in [0.15, 0.2) is 5.82 Å². The van der Waals surface area contributed by atoms with Crippen LogP contribution in [0.15, 0.2) is 51.8 Å². The van der Waals surface area contributed by atoms with E-state index in [9.17, 15) is 4.79 Å². The molecule has 4 rings (SSSR count).